The third-order valence-corrected chi connectivity index (χ3v) is 4.44. The van der Waals surface area contributed by atoms with Crippen LogP contribution in [0.1, 0.15) is 23.1 Å². The van der Waals surface area contributed by atoms with Crippen LogP contribution in [0.4, 0.5) is 0 Å². The zero-order valence-corrected chi connectivity index (χ0v) is 12.3. The minimum Gasteiger partial charge on any atom is -0.309 e. The molecule has 1 aliphatic carbocycles. The third kappa shape index (κ3) is 1.97. The molecule has 0 atom stereocenters. The Morgan fingerprint density at radius 2 is 1.41 bits per heavy atom. The van der Waals surface area contributed by atoms with Gasteiger partial charge in [-0.25, -0.2) is 0 Å². The molecule has 0 saturated heterocycles. The summed E-state index contributed by atoms with van der Waals surface area (Å²) in [7, 11) is 0. The highest BCUT2D eigenvalue weighted by Crippen LogP contribution is 2.38. The van der Waals surface area contributed by atoms with Gasteiger partial charge < -0.3 is 11.5 Å². The molecular weight excluding hydrogens is 268 g/mol. The van der Waals surface area contributed by atoms with Crippen LogP contribution in [0, 0.1) is 0 Å². The maximum Gasteiger partial charge on any atom is 0.0941 e. The molecule has 3 aromatic rings. The van der Waals surface area contributed by atoms with E-state index in [2.05, 4.69) is 54.6 Å². The van der Waals surface area contributed by atoms with E-state index in [4.69, 9.17) is 11.5 Å². The van der Waals surface area contributed by atoms with Crippen LogP contribution in [-0.2, 0) is 5.66 Å². The van der Waals surface area contributed by atoms with E-state index in [1.54, 1.807) is 0 Å². The Morgan fingerprint density at radius 1 is 0.727 bits per heavy atom. The van der Waals surface area contributed by atoms with Gasteiger partial charge in [0.25, 0.3) is 0 Å². The average Bonchev–Trinajstić information content (AvgIpc) is 2.55. The van der Waals surface area contributed by atoms with Crippen molar-refractivity contribution in [3.05, 3.63) is 89.5 Å². The highest BCUT2D eigenvalue weighted by molar-refractivity contribution is 5.98. The standard InChI is InChI=1S/C20H18N2/c21-20(22)13-12-17(18-9-3-4-11-19(18)20)16-10-5-7-14-6-1-2-8-15(14)16/h1-12H,13,21-22H2. The first kappa shape index (κ1) is 13.3. The second kappa shape index (κ2) is 4.80. The van der Waals surface area contributed by atoms with Gasteiger partial charge in [-0.05, 0) is 33.0 Å². The van der Waals surface area contributed by atoms with Crippen molar-refractivity contribution in [2.24, 2.45) is 11.5 Å². The van der Waals surface area contributed by atoms with Crippen LogP contribution in [0.25, 0.3) is 16.3 Å². The highest BCUT2D eigenvalue weighted by atomic mass is 15.0. The Kier molecular flexibility index (Phi) is 2.89. The zero-order chi connectivity index (χ0) is 15.2. The molecule has 0 saturated carbocycles. The zero-order valence-electron chi connectivity index (χ0n) is 12.3. The van der Waals surface area contributed by atoms with Crippen molar-refractivity contribution in [1.29, 1.82) is 0 Å². The van der Waals surface area contributed by atoms with E-state index < -0.39 is 5.66 Å². The molecule has 108 valence electrons. The lowest BCUT2D eigenvalue weighted by molar-refractivity contribution is 0.466. The van der Waals surface area contributed by atoms with E-state index in [1.807, 2.05) is 18.2 Å². The fourth-order valence-corrected chi connectivity index (χ4v) is 3.33. The van der Waals surface area contributed by atoms with Gasteiger partial charge in [0.15, 0.2) is 0 Å². The molecule has 0 aliphatic heterocycles. The first-order valence-electron chi connectivity index (χ1n) is 7.53. The summed E-state index contributed by atoms with van der Waals surface area (Å²) in [5.74, 6) is 0. The number of nitrogens with two attached hydrogens (primary N) is 2. The second-order valence-corrected chi connectivity index (χ2v) is 5.93. The Morgan fingerprint density at radius 3 is 2.32 bits per heavy atom. The van der Waals surface area contributed by atoms with Gasteiger partial charge in [0.1, 0.15) is 0 Å². The maximum atomic E-state index is 6.28. The first-order chi connectivity index (χ1) is 10.7. The minimum atomic E-state index is -0.787. The summed E-state index contributed by atoms with van der Waals surface area (Å²) in [5.41, 5.74) is 16.4. The lowest BCUT2D eigenvalue weighted by atomic mass is 9.80. The molecule has 2 nitrogen and oxygen atoms in total. The van der Waals surface area contributed by atoms with Crippen molar-refractivity contribution in [2.45, 2.75) is 12.1 Å². The predicted octanol–water partition coefficient (Wildman–Crippen LogP) is 3.75. The fourth-order valence-electron chi connectivity index (χ4n) is 3.33. The lowest BCUT2D eigenvalue weighted by Crippen LogP contribution is -2.47. The molecule has 0 unspecified atom stereocenters. The van der Waals surface area contributed by atoms with Gasteiger partial charge in [-0.3, -0.25) is 0 Å². The first-order valence-corrected chi connectivity index (χ1v) is 7.53. The number of fused-ring (bicyclic) bond motifs is 2. The Labute approximate surface area is 130 Å². The summed E-state index contributed by atoms with van der Waals surface area (Å²) in [6.45, 7) is 0. The van der Waals surface area contributed by atoms with Gasteiger partial charge in [0, 0.05) is 6.42 Å². The molecule has 0 radical (unpaired) electrons. The van der Waals surface area contributed by atoms with E-state index >= 15 is 0 Å². The second-order valence-electron chi connectivity index (χ2n) is 5.93. The van der Waals surface area contributed by atoms with Crippen molar-refractivity contribution in [3.63, 3.8) is 0 Å². The topological polar surface area (TPSA) is 52.0 Å². The highest BCUT2D eigenvalue weighted by Gasteiger charge is 2.29. The SMILES string of the molecule is NC1(N)CC=C(c2cccc3ccccc23)c2ccccc21. The Bertz CT molecular complexity index is 886. The van der Waals surface area contributed by atoms with Gasteiger partial charge >= 0.3 is 0 Å². The summed E-state index contributed by atoms with van der Waals surface area (Å²) >= 11 is 0. The van der Waals surface area contributed by atoms with Gasteiger partial charge in [-0.15, -0.1) is 0 Å². The molecule has 0 fully saturated rings. The van der Waals surface area contributed by atoms with E-state index in [9.17, 15) is 0 Å². The number of hydrogen-bond acceptors (Lipinski definition) is 2. The largest absolute Gasteiger partial charge is 0.309 e. The van der Waals surface area contributed by atoms with Crippen molar-refractivity contribution in [2.75, 3.05) is 0 Å². The summed E-state index contributed by atoms with van der Waals surface area (Å²) in [6, 6.07) is 23.1. The van der Waals surface area contributed by atoms with E-state index in [0.29, 0.717) is 6.42 Å². The summed E-state index contributed by atoms with van der Waals surface area (Å²) in [5, 5.41) is 2.50. The average molecular weight is 286 g/mol. The maximum absolute atomic E-state index is 6.28. The minimum absolute atomic E-state index is 0.641. The normalized spacial score (nSPS) is 16.2. The molecule has 0 heterocycles. The predicted molar refractivity (Wildman–Crippen MR) is 92.1 cm³/mol. The van der Waals surface area contributed by atoms with Crippen LogP contribution in [0.2, 0.25) is 0 Å². The van der Waals surface area contributed by atoms with Crippen molar-refractivity contribution >= 4 is 16.3 Å². The Hall–Kier alpha value is -2.42. The Balaban J connectivity index is 1.99. The van der Waals surface area contributed by atoms with Crippen LogP contribution in [0.15, 0.2) is 72.8 Å². The molecule has 4 N–H and O–H groups in total. The van der Waals surface area contributed by atoms with Gasteiger partial charge in [0.05, 0.1) is 5.66 Å². The lowest BCUT2D eigenvalue weighted by Gasteiger charge is -2.32. The van der Waals surface area contributed by atoms with Crippen LogP contribution in [-0.4, -0.2) is 0 Å². The molecular formula is C20H18N2. The van der Waals surface area contributed by atoms with E-state index in [0.717, 1.165) is 11.1 Å². The molecule has 0 amide bonds. The molecule has 22 heavy (non-hydrogen) atoms. The smallest absolute Gasteiger partial charge is 0.0941 e. The number of hydrogen-bond donors (Lipinski definition) is 2. The van der Waals surface area contributed by atoms with Crippen LogP contribution in [0.5, 0.6) is 0 Å². The van der Waals surface area contributed by atoms with Crippen molar-refractivity contribution < 1.29 is 0 Å². The molecule has 0 bridgehead atoms. The van der Waals surface area contributed by atoms with Crippen LogP contribution in [0.3, 0.4) is 0 Å². The number of rotatable bonds is 1. The monoisotopic (exact) mass is 286 g/mol. The molecule has 3 aromatic carbocycles. The van der Waals surface area contributed by atoms with Crippen molar-refractivity contribution in [3.8, 4) is 0 Å². The van der Waals surface area contributed by atoms with Gasteiger partial charge in [-0.1, -0.05) is 72.8 Å². The molecule has 1 aliphatic rings. The summed E-state index contributed by atoms with van der Waals surface area (Å²) < 4.78 is 0. The van der Waals surface area contributed by atoms with Crippen molar-refractivity contribution in [1.82, 2.24) is 0 Å². The molecule has 4 rings (SSSR count). The summed E-state index contributed by atoms with van der Waals surface area (Å²) in [6.07, 6.45) is 2.81. The summed E-state index contributed by atoms with van der Waals surface area (Å²) in [4.78, 5) is 0. The van der Waals surface area contributed by atoms with Gasteiger partial charge in [0.2, 0.25) is 0 Å². The van der Waals surface area contributed by atoms with E-state index in [1.165, 1.54) is 21.9 Å². The quantitative estimate of drug-likeness (QED) is 0.669. The molecule has 0 aromatic heterocycles. The van der Waals surface area contributed by atoms with Gasteiger partial charge in [-0.2, -0.15) is 0 Å². The number of benzene rings is 3. The molecule has 2 heteroatoms. The van der Waals surface area contributed by atoms with Crippen LogP contribution < -0.4 is 11.5 Å². The third-order valence-electron chi connectivity index (χ3n) is 4.44. The van der Waals surface area contributed by atoms with Crippen LogP contribution >= 0.6 is 0 Å². The molecule has 0 spiro atoms. The van der Waals surface area contributed by atoms with E-state index in [-0.39, 0.29) is 0 Å². The fraction of sp³-hybridized carbons (Fsp3) is 0.100.